The monoisotopic (exact) mass is 328 g/mol. The van der Waals surface area contributed by atoms with Crippen LogP contribution in [0.25, 0.3) is 0 Å². The lowest BCUT2D eigenvalue weighted by Crippen LogP contribution is -2.25. The molecule has 0 radical (unpaired) electrons. The Labute approximate surface area is 140 Å². The normalized spacial score (nSPS) is 11.6. The van der Waals surface area contributed by atoms with Crippen LogP contribution < -0.4 is 10.1 Å². The number of aromatic carboxylic acids is 1. The molecule has 0 spiro atoms. The molecule has 126 valence electrons. The van der Waals surface area contributed by atoms with Crippen LogP contribution in [0.4, 0.5) is 0 Å². The van der Waals surface area contributed by atoms with Crippen molar-refractivity contribution in [1.29, 1.82) is 0 Å². The van der Waals surface area contributed by atoms with Crippen molar-refractivity contribution in [3.8, 4) is 5.75 Å². The lowest BCUT2D eigenvalue weighted by Gasteiger charge is -2.13. The van der Waals surface area contributed by atoms with Crippen LogP contribution >= 0.6 is 0 Å². The minimum atomic E-state index is -1.15. The summed E-state index contributed by atoms with van der Waals surface area (Å²) in [7, 11) is 1.63. The number of carboxylic acids is 1. The van der Waals surface area contributed by atoms with Crippen molar-refractivity contribution in [1.82, 2.24) is 10.3 Å². The van der Waals surface area contributed by atoms with E-state index in [0.717, 1.165) is 12.2 Å². The van der Waals surface area contributed by atoms with Gasteiger partial charge < -0.3 is 15.2 Å². The maximum Gasteiger partial charge on any atom is 0.354 e. The lowest BCUT2D eigenvalue weighted by atomic mass is 9.98. The summed E-state index contributed by atoms with van der Waals surface area (Å²) in [6.45, 7) is 2.58. The third-order valence-corrected chi connectivity index (χ3v) is 3.79. The van der Waals surface area contributed by atoms with Gasteiger partial charge in [-0.05, 0) is 42.2 Å². The lowest BCUT2D eigenvalue weighted by molar-refractivity contribution is 0.0690. The van der Waals surface area contributed by atoms with Gasteiger partial charge >= 0.3 is 5.97 Å². The van der Waals surface area contributed by atoms with Crippen LogP contribution in [0.1, 0.15) is 45.7 Å². The number of aromatic nitrogens is 1. The third-order valence-electron chi connectivity index (χ3n) is 3.79. The fourth-order valence-electron chi connectivity index (χ4n) is 2.29. The van der Waals surface area contributed by atoms with Gasteiger partial charge in [0.1, 0.15) is 11.4 Å². The summed E-state index contributed by atoms with van der Waals surface area (Å²) in [6.07, 6.45) is 2.09. The van der Waals surface area contributed by atoms with Crippen molar-refractivity contribution < 1.29 is 19.4 Å². The topological polar surface area (TPSA) is 88.5 Å². The van der Waals surface area contributed by atoms with Gasteiger partial charge in [0.25, 0.3) is 5.91 Å². The van der Waals surface area contributed by atoms with E-state index in [1.165, 1.54) is 23.9 Å². The zero-order valence-electron chi connectivity index (χ0n) is 13.7. The Morgan fingerprint density at radius 3 is 2.58 bits per heavy atom. The molecule has 2 aromatic rings. The molecule has 2 N–H and O–H groups in total. The first kappa shape index (κ1) is 17.5. The number of hydrogen-bond acceptors (Lipinski definition) is 4. The molecule has 0 fully saturated rings. The average molecular weight is 328 g/mol. The Hall–Kier alpha value is -2.89. The van der Waals surface area contributed by atoms with Crippen LogP contribution in [-0.4, -0.2) is 35.6 Å². The SMILES string of the molecule is COc1ccc(C(C)CCNC(=O)c2ccnc(C(=O)O)c2)cc1. The van der Waals surface area contributed by atoms with E-state index in [1.54, 1.807) is 7.11 Å². The van der Waals surface area contributed by atoms with E-state index in [0.29, 0.717) is 12.1 Å². The minimum Gasteiger partial charge on any atom is -0.497 e. The van der Waals surface area contributed by atoms with Crippen LogP contribution in [-0.2, 0) is 0 Å². The number of amides is 1. The second-order valence-corrected chi connectivity index (χ2v) is 5.45. The molecule has 0 aliphatic rings. The number of methoxy groups -OCH3 is 1. The van der Waals surface area contributed by atoms with E-state index < -0.39 is 5.97 Å². The van der Waals surface area contributed by atoms with E-state index in [1.807, 2.05) is 24.3 Å². The zero-order valence-corrected chi connectivity index (χ0v) is 13.7. The number of carbonyl (C=O) groups excluding carboxylic acids is 1. The van der Waals surface area contributed by atoms with Crippen LogP contribution in [0.5, 0.6) is 5.75 Å². The molecule has 0 saturated heterocycles. The zero-order chi connectivity index (χ0) is 17.5. The largest absolute Gasteiger partial charge is 0.497 e. The highest BCUT2D eigenvalue weighted by molar-refractivity contribution is 5.96. The Balaban J connectivity index is 1.87. The number of rotatable bonds is 7. The molecule has 0 bridgehead atoms. The van der Waals surface area contributed by atoms with Gasteiger partial charge in [0.2, 0.25) is 0 Å². The van der Waals surface area contributed by atoms with E-state index >= 15 is 0 Å². The van der Waals surface area contributed by atoms with E-state index in [4.69, 9.17) is 9.84 Å². The van der Waals surface area contributed by atoms with Crippen molar-refractivity contribution in [2.24, 2.45) is 0 Å². The molecule has 1 aromatic carbocycles. The first-order chi connectivity index (χ1) is 11.5. The maximum absolute atomic E-state index is 12.1. The summed E-state index contributed by atoms with van der Waals surface area (Å²) in [4.78, 5) is 26.6. The molecule has 6 nitrogen and oxygen atoms in total. The molecule has 0 saturated carbocycles. The van der Waals surface area contributed by atoms with Crippen LogP contribution in [0.2, 0.25) is 0 Å². The second kappa shape index (κ2) is 8.10. The molecule has 0 aliphatic carbocycles. The highest BCUT2D eigenvalue weighted by atomic mass is 16.5. The molecule has 2 rings (SSSR count). The van der Waals surface area contributed by atoms with Gasteiger partial charge in [-0.2, -0.15) is 0 Å². The molecular formula is C18H20N2O4. The number of nitrogens with one attached hydrogen (secondary N) is 1. The summed E-state index contributed by atoms with van der Waals surface area (Å²) in [5, 5.41) is 11.7. The van der Waals surface area contributed by atoms with Crippen LogP contribution in [0, 0.1) is 0 Å². The minimum absolute atomic E-state index is 0.144. The van der Waals surface area contributed by atoms with Gasteiger partial charge in [-0.25, -0.2) is 9.78 Å². The highest BCUT2D eigenvalue weighted by Gasteiger charge is 2.11. The standard InChI is InChI=1S/C18H20N2O4/c1-12(13-3-5-15(24-2)6-4-13)7-9-20-17(21)14-8-10-19-16(11-14)18(22)23/h3-6,8,10-12H,7,9H2,1-2H3,(H,20,21)(H,22,23). The van der Waals surface area contributed by atoms with Gasteiger partial charge in [0.05, 0.1) is 7.11 Å². The average Bonchev–Trinajstić information content (AvgIpc) is 2.61. The number of carbonyl (C=O) groups is 2. The van der Waals surface area contributed by atoms with Gasteiger partial charge in [0.15, 0.2) is 0 Å². The predicted molar refractivity (Wildman–Crippen MR) is 89.6 cm³/mol. The summed E-state index contributed by atoms with van der Waals surface area (Å²) in [5.41, 5.74) is 1.32. The van der Waals surface area contributed by atoms with Gasteiger partial charge in [-0.1, -0.05) is 19.1 Å². The first-order valence-electron chi connectivity index (χ1n) is 7.62. The van der Waals surface area contributed by atoms with Crippen LogP contribution in [0.3, 0.4) is 0 Å². The number of carboxylic acid groups (broad SMARTS) is 1. The van der Waals surface area contributed by atoms with E-state index in [-0.39, 0.29) is 17.5 Å². The van der Waals surface area contributed by atoms with E-state index in [2.05, 4.69) is 17.2 Å². The Morgan fingerprint density at radius 1 is 1.25 bits per heavy atom. The molecule has 1 atom stereocenters. The maximum atomic E-state index is 12.1. The number of ether oxygens (including phenoxy) is 1. The molecule has 1 unspecified atom stereocenters. The molecule has 1 heterocycles. The Morgan fingerprint density at radius 2 is 1.96 bits per heavy atom. The highest BCUT2D eigenvalue weighted by Crippen LogP contribution is 2.21. The summed E-state index contributed by atoms with van der Waals surface area (Å²) in [6, 6.07) is 10.6. The van der Waals surface area contributed by atoms with E-state index in [9.17, 15) is 9.59 Å². The van der Waals surface area contributed by atoms with Crippen molar-refractivity contribution in [2.45, 2.75) is 19.3 Å². The molecule has 1 aromatic heterocycles. The number of pyridine rings is 1. The van der Waals surface area contributed by atoms with Gasteiger partial charge in [-0.15, -0.1) is 0 Å². The Kier molecular flexibility index (Phi) is 5.89. The summed E-state index contributed by atoms with van der Waals surface area (Å²) in [5.74, 6) is -0.367. The van der Waals surface area contributed by atoms with Gasteiger partial charge in [0, 0.05) is 18.3 Å². The number of benzene rings is 1. The van der Waals surface area contributed by atoms with Crippen molar-refractivity contribution in [3.63, 3.8) is 0 Å². The quantitative estimate of drug-likeness (QED) is 0.816. The van der Waals surface area contributed by atoms with Crippen molar-refractivity contribution in [3.05, 3.63) is 59.4 Å². The Bertz CT molecular complexity index is 713. The number of nitrogens with zero attached hydrogens (tertiary/aromatic N) is 1. The fraction of sp³-hybridized carbons (Fsp3) is 0.278. The molecule has 0 aliphatic heterocycles. The number of hydrogen-bond donors (Lipinski definition) is 2. The molecule has 6 heteroatoms. The third kappa shape index (κ3) is 4.55. The van der Waals surface area contributed by atoms with Gasteiger partial charge in [-0.3, -0.25) is 4.79 Å². The smallest absolute Gasteiger partial charge is 0.354 e. The predicted octanol–water partition coefficient (Wildman–Crippen LogP) is 2.71. The summed E-state index contributed by atoms with van der Waals surface area (Å²) < 4.78 is 5.13. The molecule has 24 heavy (non-hydrogen) atoms. The molecular weight excluding hydrogens is 308 g/mol. The van der Waals surface area contributed by atoms with Crippen LogP contribution in [0.15, 0.2) is 42.6 Å². The second-order valence-electron chi connectivity index (χ2n) is 5.45. The fourth-order valence-corrected chi connectivity index (χ4v) is 2.29. The first-order valence-corrected chi connectivity index (χ1v) is 7.62. The van der Waals surface area contributed by atoms with Crippen molar-refractivity contribution in [2.75, 3.05) is 13.7 Å². The molecule has 1 amide bonds. The summed E-state index contributed by atoms with van der Waals surface area (Å²) >= 11 is 0. The van der Waals surface area contributed by atoms with Crippen molar-refractivity contribution >= 4 is 11.9 Å².